The molecule has 1 amide bonds. The number of nitrogens with one attached hydrogen (secondary N) is 2. The van der Waals surface area contributed by atoms with Crippen LogP contribution in [0.15, 0.2) is 40.9 Å². The molecule has 0 aliphatic rings. The van der Waals surface area contributed by atoms with Gasteiger partial charge in [-0.3, -0.25) is 4.79 Å². The lowest BCUT2D eigenvalue weighted by atomic mass is 10.2. The summed E-state index contributed by atoms with van der Waals surface area (Å²) in [6.07, 6.45) is 0. The van der Waals surface area contributed by atoms with Crippen LogP contribution < -0.4 is 5.32 Å². The Labute approximate surface area is 134 Å². The van der Waals surface area contributed by atoms with Gasteiger partial charge in [0.05, 0.1) is 16.6 Å². The molecule has 0 aliphatic heterocycles. The Morgan fingerprint density at radius 3 is 2.86 bits per heavy atom. The smallest absolute Gasteiger partial charge is 0.256 e. The van der Waals surface area contributed by atoms with Gasteiger partial charge in [0, 0.05) is 15.2 Å². The maximum Gasteiger partial charge on any atom is 0.256 e. The lowest BCUT2D eigenvalue weighted by Gasteiger charge is -2.07. The molecule has 0 saturated carbocycles. The Morgan fingerprint density at radius 2 is 2.10 bits per heavy atom. The highest BCUT2D eigenvalue weighted by Gasteiger charge is 2.11. The highest BCUT2D eigenvalue weighted by Crippen LogP contribution is 2.23. The van der Waals surface area contributed by atoms with E-state index in [9.17, 15) is 4.79 Å². The van der Waals surface area contributed by atoms with Crippen molar-refractivity contribution in [2.75, 3.05) is 5.32 Å². The molecule has 0 fully saturated rings. The molecule has 4 nitrogen and oxygen atoms in total. The first-order chi connectivity index (χ1) is 10.0. The summed E-state index contributed by atoms with van der Waals surface area (Å²) in [5.41, 5.74) is 3.00. The number of aryl methyl sites for hydroxylation is 1. The van der Waals surface area contributed by atoms with E-state index in [0.717, 1.165) is 16.9 Å². The van der Waals surface area contributed by atoms with Gasteiger partial charge in [-0.1, -0.05) is 11.6 Å². The number of benzene rings is 2. The van der Waals surface area contributed by atoms with Crippen LogP contribution in [0.25, 0.3) is 11.0 Å². The van der Waals surface area contributed by atoms with Gasteiger partial charge in [0.2, 0.25) is 0 Å². The molecule has 3 rings (SSSR count). The van der Waals surface area contributed by atoms with E-state index in [1.807, 2.05) is 25.1 Å². The van der Waals surface area contributed by atoms with E-state index >= 15 is 0 Å². The summed E-state index contributed by atoms with van der Waals surface area (Å²) in [5, 5.41) is 3.44. The van der Waals surface area contributed by atoms with Gasteiger partial charge in [0.15, 0.2) is 0 Å². The van der Waals surface area contributed by atoms with Gasteiger partial charge >= 0.3 is 0 Å². The molecule has 0 saturated heterocycles. The molecule has 0 bridgehead atoms. The van der Waals surface area contributed by atoms with Crippen LogP contribution in [-0.4, -0.2) is 15.9 Å². The number of hydrogen-bond acceptors (Lipinski definition) is 2. The fraction of sp³-hybridized carbons (Fsp3) is 0.0667. The van der Waals surface area contributed by atoms with Crippen molar-refractivity contribution in [1.29, 1.82) is 0 Å². The fourth-order valence-corrected chi connectivity index (χ4v) is 2.95. The second kappa shape index (κ2) is 5.50. The number of rotatable bonds is 2. The molecular formula is C15H11BrClN3O. The van der Waals surface area contributed by atoms with Crippen molar-refractivity contribution >= 4 is 50.2 Å². The summed E-state index contributed by atoms with van der Waals surface area (Å²) in [5.74, 6) is 0.642. The molecule has 2 N–H and O–H groups in total. The van der Waals surface area contributed by atoms with Crippen LogP contribution in [0, 0.1) is 6.92 Å². The minimum absolute atomic E-state index is 0.200. The van der Waals surface area contributed by atoms with Gasteiger partial charge in [-0.05, 0) is 59.3 Å². The van der Waals surface area contributed by atoms with Crippen LogP contribution in [0.2, 0.25) is 5.02 Å². The lowest BCUT2D eigenvalue weighted by molar-refractivity contribution is 0.102. The molecule has 3 aromatic rings. The number of anilines is 1. The summed E-state index contributed by atoms with van der Waals surface area (Å²) in [6, 6.07) is 10.6. The zero-order valence-corrected chi connectivity index (χ0v) is 13.4. The summed E-state index contributed by atoms with van der Waals surface area (Å²) < 4.78 is 0.658. The van der Waals surface area contributed by atoms with E-state index in [-0.39, 0.29) is 5.91 Å². The number of hydrogen-bond donors (Lipinski definition) is 2. The Balaban J connectivity index is 1.88. The largest absolute Gasteiger partial charge is 0.342 e. The Morgan fingerprint density at radius 1 is 1.29 bits per heavy atom. The summed E-state index contributed by atoms with van der Waals surface area (Å²) in [6.45, 7) is 1.89. The third-order valence-electron chi connectivity index (χ3n) is 3.03. The number of fused-ring (bicyclic) bond motifs is 1. The van der Waals surface area contributed by atoms with Crippen molar-refractivity contribution in [3.63, 3.8) is 0 Å². The van der Waals surface area contributed by atoms with Gasteiger partial charge in [0.1, 0.15) is 5.82 Å². The van der Waals surface area contributed by atoms with Crippen molar-refractivity contribution in [3.05, 3.63) is 57.3 Å². The van der Waals surface area contributed by atoms with Gasteiger partial charge < -0.3 is 10.3 Å². The van der Waals surface area contributed by atoms with E-state index < -0.39 is 0 Å². The summed E-state index contributed by atoms with van der Waals surface area (Å²) in [7, 11) is 0. The topological polar surface area (TPSA) is 57.8 Å². The van der Waals surface area contributed by atoms with Gasteiger partial charge in [-0.15, -0.1) is 0 Å². The number of halogens is 2. The maximum atomic E-state index is 12.3. The quantitative estimate of drug-likeness (QED) is 0.701. The van der Waals surface area contributed by atoms with Crippen molar-refractivity contribution in [3.8, 4) is 0 Å². The first kappa shape index (κ1) is 14.1. The van der Waals surface area contributed by atoms with E-state index in [4.69, 9.17) is 11.6 Å². The number of carbonyl (C=O) groups excluding carboxylic acids is 1. The van der Waals surface area contributed by atoms with Crippen LogP contribution in [0.5, 0.6) is 0 Å². The number of aromatic nitrogens is 2. The van der Waals surface area contributed by atoms with Crippen molar-refractivity contribution < 1.29 is 4.79 Å². The lowest BCUT2D eigenvalue weighted by Crippen LogP contribution is -2.12. The van der Waals surface area contributed by atoms with Crippen molar-refractivity contribution in [1.82, 2.24) is 9.97 Å². The second-order valence-corrected chi connectivity index (χ2v) is 5.92. The molecule has 6 heteroatoms. The fourth-order valence-electron chi connectivity index (χ4n) is 2.09. The van der Waals surface area contributed by atoms with Crippen LogP contribution in [0.4, 0.5) is 5.69 Å². The Kier molecular flexibility index (Phi) is 3.69. The van der Waals surface area contributed by atoms with Crippen molar-refractivity contribution in [2.24, 2.45) is 0 Å². The highest BCUT2D eigenvalue weighted by atomic mass is 79.9. The molecular weight excluding hydrogens is 354 g/mol. The Bertz CT molecular complexity index is 844. The maximum absolute atomic E-state index is 12.3. The number of aromatic amines is 1. The second-order valence-electron chi connectivity index (χ2n) is 4.63. The highest BCUT2D eigenvalue weighted by molar-refractivity contribution is 9.10. The minimum atomic E-state index is -0.200. The summed E-state index contributed by atoms with van der Waals surface area (Å²) >= 11 is 9.22. The van der Waals surface area contributed by atoms with E-state index in [1.165, 1.54) is 0 Å². The van der Waals surface area contributed by atoms with Gasteiger partial charge in [-0.25, -0.2) is 4.98 Å². The normalized spacial score (nSPS) is 10.8. The predicted molar refractivity (Wildman–Crippen MR) is 87.9 cm³/mol. The summed E-state index contributed by atoms with van der Waals surface area (Å²) in [4.78, 5) is 19.7. The molecule has 0 spiro atoms. The average Bonchev–Trinajstić information content (AvgIpc) is 2.77. The monoisotopic (exact) mass is 363 g/mol. The molecule has 106 valence electrons. The minimum Gasteiger partial charge on any atom is -0.342 e. The van der Waals surface area contributed by atoms with E-state index in [2.05, 4.69) is 31.2 Å². The zero-order valence-electron chi connectivity index (χ0n) is 11.1. The molecule has 0 atom stereocenters. The first-order valence-electron chi connectivity index (χ1n) is 6.26. The first-order valence-corrected chi connectivity index (χ1v) is 7.43. The van der Waals surface area contributed by atoms with Crippen molar-refractivity contribution in [2.45, 2.75) is 6.92 Å². The van der Waals surface area contributed by atoms with Gasteiger partial charge in [0.25, 0.3) is 5.91 Å². The van der Waals surface area contributed by atoms with Crippen LogP contribution in [0.1, 0.15) is 16.2 Å². The molecule has 0 unspecified atom stereocenters. The standard InChI is InChI=1S/C15H11BrClN3O/c1-8-18-13-5-3-10(7-14(13)19-8)20-15(21)11-4-2-9(17)6-12(11)16/h2-7H,1H3,(H,18,19)(H,20,21). The molecule has 0 radical (unpaired) electrons. The third-order valence-corrected chi connectivity index (χ3v) is 3.93. The Hall–Kier alpha value is -1.85. The average molecular weight is 365 g/mol. The molecule has 1 heterocycles. The number of carbonyl (C=O) groups is 1. The molecule has 21 heavy (non-hydrogen) atoms. The number of imidazole rings is 1. The zero-order chi connectivity index (χ0) is 15.0. The SMILES string of the molecule is Cc1nc2ccc(NC(=O)c3ccc(Cl)cc3Br)cc2[nH]1. The number of nitrogens with zero attached hydrogens (tertiary/aromatic N) is 1. The van der Waals surface area contributed by atoms with E-state index in [1.54, 1.807) is 18.2 Å². The number of amides is 1. The molecule has 2 aromatic carbocycles. The predicted octanol–water partition coefficient (Wildman–Crippen LogP) is 4.54. The third kappa shape index (κ3) is 2.94. The molecule has 0 aliphatic carbocycles. The van der Waals surface area contributed by atoms with Crippen LogP contribution >= 0.6 is 27.5 Å². The van der Waals surface area contributed by atoms with Crippen LogP contribution in [0.3, 0.4) is 0 Å². The van der Waals surface area contributed by atoms with Gasteiger partial charge in [-0.2, -0.15) is 0 Å². The van der Waals surface area contributed by atoms with E-state index in [0.29, 0.717) is 20.7 Å². The molecule has 1 aromatic heterocycles. The number of H-pyrrole nitrogens is 1. The van der Waals surface area contributed by atoms with Crippen LogP contribution in [-0.2, 0) is 0 Å².